The highest BCUT2D eigenvalue weighted by Gasteiger charge is 2.41. The van der Waals surface area contributed by atoms with Crippen LogP contribution < -0.4 is 26.2 Å². The number of rotatable bonds is 8. The van der Waals surface area contributed by atoms with Gasteiger partial charge in [-0.2, -0.15) is 5.10 Å². The summed E-state index contributed by atoms with van der Waals surface area (Å²) in [5.41, 5.74) is 0.578. The molecule has 2 heterocycles. The molecule has 10 nitrogen and oxygen atoms in total. The van der Waals surface area contributed by atoms with E-state index in [4.69, 9.17) is 4.74 Å². The van der Waals surface area contributed by atoms with Gasteiger partial charge in [-0.25, -0.2) is 9.78 Å². The van der Waals surface area contributed by atoms with Crippen LogP contribution >= 0.6 is 0 Å². The summed E-state index contributed by atoms with van der Waals surface area (Å²) >= 11 is 0. The molecule has 1 aliphatic rings. The molecule has 4 rings (SSSR count). The number of carbonyl (C=O) groups is 1. The number of nitrogens with zero attached hydrogens (tertiary/aromatic N) is 3. The fourth-order valence-corrected chi connectivity index (χ4v) is 4.79. The van der Waals surface area contributed by atoms with Gasteiger partial charge in [0.05, 0.1) is 24.5 Å². The summed E-state index contributed by atoms with van der Waals surface area (Å²) in [6, 6.07) is 1.23. The Morgan fingerprint density at radius 2 is 1.91 bits per heavy atom. The second-order valence-corrected chi connectivity index (χ2v) is 8.89. The van der Waals surface area contributed by atoms with Crippen molar-refractivity contribution in [1.29, 1.82) is 0 Å². The molecule has 0 amide bonds. The van der Waals surface area contributed by atoms with Crippen molar-refractivity contribution in [3.05, 3.63) is 55.9 Å². The highest BCUT2D eigenvalue weighted by molar-refractivity contribution is 5.92. The van der Waals surface area contributed by atoms with Gasteiger partial charge in [0.15, 0.2) is 11.4 Å². The maximum atomic E-state index is 12.6. The molecule has 0 spiro atoms. The van der Waals surface area contributed by atoms with Crippen molar-refractivity contribution in [1.82, 2.24) is 14.8 Å². The third-order valence-electron chi connectivity index (χ3n) is 6.54. The van der Waals surface area contributed by atoms with E-state index in [0.29, 0.717) is 0 Å². The summed E-state index contributed by atoms with van der Waals surface area (Å²) in [6.07, 6.45) is 7.34. The molecule has 3 aromatic rings. The van der Waals surface area contributed by atoms with Crippen molar-refractivity contribution in [2.24, 2.45) is 12.5 Å². The highest BCUT2D eigenvalue weighted by atomic mass is 16.5. The summed E-state index contributed by atoms with van der Waals surface area (Å²) < 4.78 is 6.96. The molecule has 1 aromatic carbocycles. The summed E-state index contributed by atoms with van der Waals surface area (Å²) in [7, 11) is 3.17. The molecular weight excluding hydrogens is 426 g/mol. The number of anilines is 3. The lowest BCUT2D eigenvalue weighted by Gasteiger charge is -2.35. The first-order chi connectivity index (χ1) is 15.7. The zero-order chi connectivity index (χ0) is 23.9. The van der Waals surface area contributed by atoms with Gasteiger partial charge in [0, 0.05) is 19.4 Å². The van der Waals surface area contributed by atoms with E-state index in [1.165, 1.54) is 19.4 Å². The first kappa shape index (κ1) is 22.5. The van der Waals surface area contributed by atoms with E-state index in [1.54, 1.807) is 4.68 Å². The van der Waals surface area contributed by atoms with E-state index in [2.05, 4.69) is 27.6 Å². The number of aryl methyl sites for hydroxylation is 2. The second kappa shape index (κ2) is 8.34. The largest absolute Gasteiger partial charge is 0.492 e. The predicted octanol–water partition coefficient (Wildman–Crippen LogP) is 2.90. The summed E-state index contributed by atoms with van der Waals surface area (Å²) in [5, 5.41) is 20.2. The van der Waals surface area contributed by atoms with Crippen LogP contribution in [0.15, 0.2) is 28.0 Å². The van der Waals surface area contributed by atoms with Crippen molar-refractivity contribution in [2.75, 3.05) is 17.7 Å². The van der Waals surface area contributed by atoms with Gasteiger partial charge >= 0.3 is 5.97 Å². The highest BCUT2D eigenvalue weighted by Crippen LogP contribution is 2.49. The second-order valence-electron chi connectivity index (χ2n) is 8.89. The number of hydrogen-bond acceptors (Lipinski definition) is 8. The third-order valence-corrected chi connectivity index (χ3v) is 6.54. The number of carboxylic acid groups (broad SMARTS) is 1. The molecule has 10 heteroatoms. The van der Waals surface area contributed by atoms with Gasteiger partial charge in [-0.1, -0.05) is 19.8 Å². The van der Waals surface area contributed by atoms with Gasteiger partial charge in [-0.15, -0.1) is 0 Å². The number of aromatic nitrogens is 3. The Kier molecular flexibility index (Phi) is 5.69. The first-order valence-corrected chi connectivity index (χ1v) is 10.8. The average molecular weight is 453 g/mol. The van der Waals surface area contributed by atoms with Gasteiger partial charge in [0.2, 0.25) is 0 Å². The lowest BCUT2D eigenvalue weighted by molar-refractivity contribution is 0.0686. The maximum absolute atomic E-state index is 12.6. The van der Waals surface area contributed by atoms with Crippen molar-refractivity contribution >= 4 is 23.0 Å². The predicted molar refractivity (Wildman–Crippen MR) is 123 cm³/mol. The summed E-state index contributed by atoms with van der Waals surface area (Å²) in [6.45, 7) is 4.15. The Hall–Kier alpha value is -3.69. The van der Waals surface area contributed by atoms with E-state index < -0.39 is 16.8 Å². The van der Waals surface area contributed by atoms with Gasteiger partial charge in [0.25, 0.3) is 10.9 Å². The zero-order valence-corrected chi connectivity index (χ0v) is 19.1. The Morgan fingerprint density at radius 1 is 1.24 bits per heavy atom. The quantitative estimate of drug-likeness (QED) is 0.440. The normalized spacial score (nSPS) is 16.0. The summed E-state index contributed by atoms with van der Waals surface area (Å²) in [4.78, 5) is 40.4. The van der Waals surface area contributed by atoms with E-state index in [-0.39, 0.29) is 40.0 Å². The van der Waals surface area contributed by atoms with Crippen LogP contribution in [0.3, 0.4) is 0 Å². The Bertz CT molecular complexity index is 1280. The molecule has 0 bridgehead atoms. The lowest BCUT2D eigenvalue weighted by atomic mass is 9.78. The van der Waals surface area contributed by atoms with Crippen LogP contribution in [-0.2, 0) is 7.05 Å². The monoisotopic (exact) mass is 453 g/mol. The molecule has 1 fully saturated rings. The van der Waals surface area contributed by atoms with Crippen LogP contribution in [-0.4, -0.2) is 33.0 Å². The molecule has 0 aliphatic heterocycles. The van der Waals surface area contributed by atoms with E-state index in [9.17, 15) is 19.5 Å². The van der Waals surface area contributed by atoms with Gasteiger partial charge in [-0.3, -0.25) is 14.3 Å². The van der Waals surface area contributed by atoms with Crippen LogP contribution in [0.4, 0.5) is 17.1 Å². The molecule has 1 aliphatic carbocycles. The standard InChI is InChI=1S/C23H27N5O5/c1-12-11-28(3)27-14(12)21(23(2)8-5-6-9-23)26-16-15(18(29)19(16)30)25-13-7-10-24-17(22(31)32)20(13)33-4/h7,10-11,21,26H,5-6,8-9H2,1-4H3,(H,24,25)(H,31,32). The third kappa shape index (κ3) is 3.85. The molecule has 1 atom stereocenters. The molecule has 1 saturated carbocycles. The van der Waals surface area contributed by atoms with Crippen molar-refractivity contribution in [2.45, 2.75) is 45.6 Å². The van der Waals surface area contributed by atoms with Crippen molar-refractivity contribution < 1.29 is 14.6 Å². The number of nitrogens with one attached hydrogen (secondary N) is 2. The van der Waals surface area contributed by atoms with Crippen LogP contribution in [0.2, 0.25) is 0 Å². The summed E-state index contributed by atoms with van der Waals surface area (Å²) in [5.74, 6) is -1.29. The van der Waals surface area contributed by atoms with Gasteiger partial charge in [0.1, 0.15) is 11.4 Å². The molecule has 0 saturated heterocycles. The number of methoxy groups -OCH3 is 1. The minimum Gasteiger partial charge on any atom is -0.492 e. The smallest absolute Gasteiger partial charge is 0.358 e. The topological polar surface area (TPSA) is 135 Å². The maximum Gasteiger partial charge on any atom is 0.358 e. The number of aromatic carboxylic acids is 1. The van der Waals surface area contributed by atoms with E-state index >= 15 is 0 Å². The van der Waals surface area contributed by atoms with E-state index in [1.807, 2.05) is 20.2 Å². The molecule has 1 unspecified atom stereocenters. The van der Waals surface area contributed by atoms with Crippen molar-refractivity contribution in [3.63, 3.8) is 0 Å². The Balaban J connectivity index is 1.73. The molecule has 33 heavy (non-hydrogen) atoms. The number of pyridine rings is 1. The van der Waals surface area contributed by atoms with E-state index in [0.717, 1.165) is 36.9 Å². The minimum atomic E-state index is -1.27. The lowest BCUT2D eigenvalue weighted by Crippen LogP contribution is -2.40. The molecular formula is C23H27N5O5. The van der Waals surface area contributed by atoms with Crippen LogP contribution in [0.1, 0.15) is 60.4 Å². The molecule has 3 N–H and O–H groups in total. The number of hydrogen-bond donors (Lipinski definition) is 3. The fourth-order valence-electron chi connectivity index (χ4n) is 4.79. The average Bonchev–Trinajstić information content (AvgIpc) is 3.37. The Labute approximate surface area is 190 Å². The van der Waals surface area contributed by atoms with Crippen molar-refractivity contribution in [3.8, 4) is 5.75 Å². The van der Waals surface area contributed by atoms with Gasteiger partial charge < -0.3 is 20.5 Å². The number of ether oxygens (including phenoxy) is 1. The zero-order valence-electron chi connectivity index (χ0n) is 19.1. The molecule has 0 radical (unpaired) electrons. The Morgan fingerprint density at radius 3 is 2.48 bits per heavy atom. The molecule has 2 aromatic heterocycles. The first-order valence-electron chi connectivity index (χ1n) is 10.8. The molecule has 174 valence electrons. The SMILES string of the molecule is COc1c(Nc2c(NC(c3nn(C)cc3C)C3(C)CCCC3)c(=O)c2=O)ccnc1C(=O)O. The van der Waals surface area contributed by atoms with Crippen LogP contribution in [0.25, 0.3) is 0 Å². The van der Waals surface area contributed by atoms with Crippen LogP contribution in [0.5, 0.6) is 5.75 Å². The fraction of sp³-hybridized carbons (Fsp3) is 0.435. The van der Waals surface area contributed by atoms with Gasteiger partial charge in [-0.05, 0) is 36.8 Å². The van der Waals surface area contributed by atoms with Crippen LogP contribution in [0, 0.1) is 12.3 Å². The number of carboxylic acids is 1. The minimum absolute atomic E-state index is 0.0242.